The van der Waals surface area contributed by atoms with Crippen LogP contribution in [0.5, 0.6) is 11.5 Å². The molecule has 0 heterocycles. The van der Waals surface area contributed by atoms with E-state index < -0.39 is 11.9 Å². The molecular weight excluding hydrogens is 584 g/mol. The largest absolute Gasteiger partial charge is 0.493 e. The molecule has 0 aliphatic carbocycles. The summed E-state index contributed by atoms with van der Waals surface area (Å²) in [5.41, 5.74) is 4.94. The van der Waals surface area contributed by atoms with Crippen molar-refractivity contribution in [2.75, 3.05) is 26.4 Å². The molecule has 0 aliphatic heterocycles. The fourth-order valence-corrected chi connectivity index (χ4v) is 3.85. The molecule has 0 atom stereocenters. The molecule has 0 saturated heterocycles. The van der Waals surface area contributed by atoms with Crippen LogP contribution in [0.3, 0.4) is 0 Å². The lowest BCUT2D eigenvalue weighted by atomic mass is 10.1. The standard InChI is InChI=1S/C36H34N4O6/c1-3-35(41)45-25-5-23-43-33-19-15-31(16-20-33)39-37-29-11-7-27(8-12-29)28-9-13-30(14-10-28)38-40-32-17-21-34(22-18-32)44-24-6-26-46-36(42)4-2/h3-4,7-22H,1-2,5-6,23-26H2. The summed E-state index contributed by atoms with van der Waals surface area (Å²) < 4.78 is 21.1. The highest BCUT2D eigenvalue weighted by Gasteiger charge is 2.02. The zero-order chi connectivity index (χ0) is 32.4. The first-order chi connectivity index (χ1) is 22.5. The van der Waals surface area contributed by atoms with Gasteiger partial charge in [0.05, 0.1) is 49.2 Å². The van der Waals surface area contributed by atoms with Gasteiger partial charge in [0.1, 0.15) is 11.5 Å². The third kappa shape index (κ3) is 11.3. The predicted molar refractivity (Wildman–Crippen MR) is 176 cm³/mol. The summed E-state index contributed by atoms with van der Waals surface area (Å²) in [4.78, 5) is 22.1. The molecule has 0 radical (unpaired) electrons. The number of carbonyl (C=O) groups is 2. The summed E-state index contributed by atoms with van der Waals surface area (Å²) >= 11 is 0. The summed E-state index contributed by atoms with van der Waals surface area (Å²) in [5, 5.41) is 17.3. The fourth-order valence-electron chi connectivity index (χ4n) is 3.85. The highest BCUT2D eigenvalue weighted by Crippen LogP contribution is 2.27. The second kappa shape index (κ2) is 18.0. The van der Waals surface area contributed by atoms with E-state index in [1.165, 1.54) is 0 Å². The second-order valence-electron chi connectivity index (χ2n) is 9.63. The molecule has 4 rings (SSSR count). The Morgan fingerprint density at radius 3 is 1.09 bits per heavy atom. The highest BCUT2D eigenvalue weighted by atomic mass is 16.5. The van der Waals surface area contributed by atoms with Crippen LogP contribution >= 0.6 is 0 Å². The lowest BCUT2D eigenvalue weighted by Gasteiger charge is -2.06. The molecule has 0 aliphatic rings. The second-order valence-corrected chi connectivity index (χ2v) is 9.63. The molecule has 0 saturated carbocycles. The zero-order valence-corrected chi connectivity index (χ0v) is 25.3. The van der Waals surface area contributed by atoms with E-state index in [-0.39, 0.29) is 13.2 Å². The minimum absolute atomic E-state index is 0.281. The number of hydrogen-bond donors (Lipinski definition) is 0. The van der Waals surface area contributed by atoms with Gasteiger partial charge in [-0.15, -0.1) is 0 Å². The summed E-state index contributed by atoms with van der Waals surface area (Å²) in [7, 11) is 0. The number of esters is 2. The van der Waals surface area contributed by atoms with Gasteiger partial charge in [0, 0.05) is 25.0 Å². The van der Waals surface area contributed by atoms with Crippen LogP contribution in [0.2, 0.25) is 0 Å². The quantitative estimate of drug-likeness (QED) is 0.0503. The van der Waals surface area contributed by atoms with E-state index in [4.69, 9.17) is 18.9 Å². The van der Waals surface area contributed by atoms with Gasteiger partial charge in [-0.2, -0.15) is 20.5 Å². The number of ether oxygens (including phenoxy) is 4. The normalized spacial score (nSPS) is 10.9. The molecule has 10 heteroatoms. The van der Waals surface area contributed by atoms with Gasteiger partial charge in [0.15, 0.2) is 0 Å². The number of carbonyl (C=O) groups excluding carboxylic acids is 2. The van der Waals surface area contributed by atoms with E-state index in [1.807, 2.05) is 97.1 Å². The Kier molecular flexibility index (Phi) is 12.9. The Morgan fingerprint density at radius 2 is 0.783 bits per heavy atom. The predicted octanol–water partition coefficient (Wildman–Crippen LogP) is 9.18. The van der Waals surface area contributed by atoms with Crippen molar-refractivity contribution in [3.63, 3.8) is 0 Å². The van der Waals surface area contributed by atoms with Crippen LogP contribution in [0.15, 0.2) is 143 Å². The molecule has 0 N–H and O–H groups in total. The van der Waals surface area contributed by atoms with E-state index >= 15 is 0 Å². The molecule has 0 amide bonds. The summed E-state index contributed by atoms with van der Waals surface area (Å²) in [6.45, 7) is 8.13. The lowest BCUT2D eigenvalue weighted by Crippen LogP contribution is -2.06. The van der Waals surface area contributed by atoms with Gasteiger partial charge in [0.2, 0.25) is 0 Å². The highest BCUT2D eigenvalue weighted by molar-refractivity contribution is 5.81. The molecule has 0 unspecified atom stereocenters. The average Bonchev–Trinajstić information content (AvgIpc) is 3.10. The lowest BCUT2D eigenvalue weighted by molar-refractivity contribution is -0.138. The Labute approximate surface area is 267 Å². The van der Waals surface area contributed by atoms with E-state index in [9.17, 15) is 9.59 Å². The smallest absolute Gasteiger partial charge is 0.330 e. The van der Waals surface area contributed by atoms with Gasteiger partial charge in [-0.1, -0.05) is 37.4 Å². The Hall–Kier alpha value is -5.90. The number of rotatable bonds is 17. The number of hydrogen-bond acceptors (Lipinski definition) is 10. The van der Waals surface area contributed by atoms with E-state index in [1.54, 1.807) is 0 Å². The maximum Gasteiger partial charge on any atom is 0.330 e. The minimum Gasteiger partial charge on any atom is -0.493 e. The third-order valence-corrected chi connectivity index (χ3v) is 6.24. The van der Waals surface area contributed by atoms with Crippen LogP contribution in [-0.4, -0.2) is 38.4 Å². The third-order valence-electron chi connectivity index (χ3n) is 6.24. The molecule has 10 nitrogen and oxygen atoms in total. The maximum atomic E-state index is 11.0. The van der Waals surface area contributed by atoms with Crippen molar-refractivity contribution in [1.29, 1.82) is 0 Å². The summed E-state index contributed by atoms with van der Waals surface area (Å²) in [6.07, 6.45) is 3.44. The molecule has 4 aromatic carbocycles. The number of azo groups is 2. The van der Waals surface area contributed by atoms with Crippen LogP contribution in [0, 0.1) is 0 Å². The van der Waals surface area contributed by atoms with E-state index in [0.29, 0.717) is 48.9 Å². The molecule has 46 heavy (non-hydrogen) atoms. The molecular formula is C36H34N4O6. The van der Waals surface area contributed by atoms with Gasteiger partial charge in [-0.25, -0.2) is 9.59 Å². The average molecular weight is 619 g/mol. The maximum absolute atomic E-state index is 11.0. The first-order valence-electron chi connectivity index (χ1n) is 14.6. The van der Waals surface area contributed by atoms with Crippen molar-refractivity contribution in [2.24, 2.45) is 20.5 Å². The van der Waals surface area contributed by atoms with Gasteiger partial charge in [-0.05, 0) is 83.9 Å². The van der Waals surface area contributed by atoms with Crippen LogP contribution in [0.4, 0.5) is 22.7 Å². The molecule has 0 bridgehead atoms. The van der Waals surface area contributed by atoms with Crippen molar-refractivity contribution in [3.8, 4) is 22.6 Å². The Morgan fingerprint density at radius 1 is 0.478 bits per heavy atom. The van der Waals surface area contributed by atoms with Crippen LogP contribution in [-0.2, 0) is 19.1 Å². The minimum atomic E-state index is -0.439. The monoisotopic (exact) mass is 618 g/mol. The van der Waals surface area contributed by atoms with Crippen LogP contribution in [0.25, 0.3) is 11.1 Å². The number of benzene rings is 4. The van der Waals surface area contributed by atoms with Gasteiger partial charge >= 0.3 is 11.9 Å². The zero-order valence-electron chi connectivity index (χ0n) is 25.3. The van der Waals surface area contributed by atoms with Gasteiger partial charge in [0.25, 0.3) is 0 Å². The van der Waals surface area contributed by atoms with Crippen molar-refractivity contribution in [1.82, 2.24) is 0 Å². The van der Waals surface area contributed by atoms with Crippen molar-refractivity contribution >= 4 is 34.7 Å². The summed E-state index contributed by atoms with van der Waals surface area (Å²) in [5.74, 6) is 0.520. The molecule has 0 aromatic heterocycles. The molecule has 4 aromatic rings. The van der Waals surface area contributed by atoms with Gasteiger partial charge < -0.3 is 18.9 Å². The molecule has 0 fully saturated rings. The number of nitrogens with zero attached hydrogens (tertiary/aromatic N) is 4. The first kappa shape index (κ1) is 33.0. The SMILES string of the molecule is C=CC(=O)OCCCOc1ccc(N=Nc2ccc(-c3ccc(N=Nc4ccc(OCCCOC(=O)C=C)cc4)cc3)cc2)cc1. The molecule has 0 spiro atoms. The van der Waals surface area contributed by atoms with E-state index in [2.05, 4.69) is 33.6 Å². The van der Waals surface area contributed by atoms with Crippen molar-refractivity contribution < 1.29 is 28.5 Å². The van der Waals surface area contributed by atoms with Crippen LogP contribution < -0.4 is 9.47 Å². The fraction of sp³-hybridized carbons (Fsp3) is 0.167. The van der Waals surface area contributed by atoms with Crippen molar-refractivity contribution in [3.05, 3.63) is 122 Å². The topological polar surface area (TPSA) is 120 Å². The van der Waals surface area contributed by atoms with Gasteiger partial charge in [-0.3, -0.25) is 0 Å². The summed E-state index contributed by atoms with van der Waals surface area (Å²) in [6, 6.07) is 30.2. The Balaban J connectivity index is 1.21. The van der Waals surface area contributed by atoms with Crippen LogP contribution in [0.1, 0.15) is 12.8 Å². The van der Waals surface area contributed by atoms with E-state index in [0.717, 1.165) is 34.7 Å². The molecule has 234 valence electrons. The Bertz CT molecular complexity index is 1510. The first-order valence-corrected chi connectivity index (χ1v) is 14.6. The van der Waals surface area contributed by atoms with Crippen molar-refractivity contribution in [2.45, 2.75) is 12.8 Å².